The molecule has 0 saturated carbocycles. The summed E-state index contributed by atoms with van der Waals surface area (Å²) in [4.78, 5) is 38.5. The Hall–Kier alpha value is -2.09. The Morgan fingerprint density at radius 1 is 1.42 bits per heavy atom. The fourth-order valence-electron chi connectivity index (χ4n) is 3.20. The number of halogens is 1. The van der Waals surface area contributed by atoms with Crippen LogP contribution in [-0.2, 0) is 16.1 Å². The van der Waals surface area contributed by atoms with E-state index in [0.717, 1.165) is 9.35 Å². The monoisotopic (exact) mass is 500 g/mol. The van der Waals surface area contributed by atoms with Crippen LogP contribution in [0.3, 0.4) is 0 Å². The Balaban J connectivity index is 1.48. The average Bonchev–Trinajstić information content (AvgIpc) is 3.34. The number of rotatable bonds is 7. The highest BCUT2D eigenvalue weighted by Gasteiger charge is 2.54. The highest BCUT2D eigenvalue weighted by molar-refractivity contribution is 8.01. The SMILES string of the molecule is CCn1cc(Cl)c(C(=O)NC2C(=O)N3C(C(=O)O)=C(CSc4nnc(C)s4)CSC23)n1. The van der Waals surface area contributed by atoms with Crippen molar-refractivity contribution in [2.75, 3.05) is 11.5 Å². The van der Waals surface area contributed by atoms with E-state index < -0.39 is 29.2 Å². The molecule has 1 fully saturated rings. The number of aliphatic carboxylic acids is 1. The number of fused-ring (bicyclic) bond motifs is 1. The van der Waals surface area contributed by atoms with Crippen LogP contribution < -0.4 is 5.32 Å². The fraction of sp³-hybridized carbons (Fsp3) is 0.412. The van der Waals surface area contributed by atoms with Gasteiger partial charge in [-0.1, -0.05) is 34.7 Å². The number of thioether (sulfide) groups is 2. The third-order valence-electron chi connectivity index (χ3n) is 4.67. The summed E-state index contributed by atoms with van der Waals surface area (Å²) in [6.45, 7) is 4.25. The second-order valence-corrected chi connectivity index (χ2v) is 10.6. The number of hydrogen-bond acceptors (Lipinski definition) is 9. The van der Waals surface area contributed by atoms with Crippen LogP contribution in [0.15, 0.2) is 21.8 Å². The number of carboxylic acids is 1. The van der Waals surface area contributed by atoms with Gasteiger partial charge in [-0.25, -0.2) is 4.79 Å². The number of carbonyl (C=O) groups excluding carboxylic acids is 2. The molecule has 2 unspecified atom stereocenters. The molecule has 14 heteroatoms. The van der Waals surface area contributed by atoms with E-state index in [1.807, 2.05) is 13.8 Å². The molecule has 0 radical (unpaired) electrons. The number of amides is 2. The third kappa shape index (κ3) is 4.19. The van der Waals surface area contributed by atoms with Crippen LogP contribution in [0.4, 0.5) is 0 Å². The lowest BCUT2D eigenvalue weighted by Crippen LogP contribution is -2.70. The predicted molar refractivity (Wildman–Crippen MR) is 117 cm³/mol. The molecule has 164 valence electrons. The van der Waals surface area contributed by atoms with Gasteiger partial charge in [0.2, 0.25) is 0 Å². The number of β-lactam (4-membered cyclic amide) rings is 1. The maximum Gasteiger partial charge on any atom is 0.352 e. The third-order valence-corrected chi connectivity index (χ3v) is 8.34. The molecule has 2 atom stereocenters. The molecular formula is C17H17ClN6O4S3. The number of hydrogen-bond donors (Lipinski definition) is 2. The van der Waals surface area contributed by atoms with Gasteiger partial charge in [0.1, 0.15) is 22.1 Å². The topological polar surface area (TPSA) is 130 Å². The van der Waals surface area contributed by atoms with E-state index in [1.54, 1.807) is 0 Å². The largest absolute Gasteiger partial charge is 0.477 e. The zero-order valence-corrected chi connectivity index (χ0v) is 19.6. The van der Waals surface area contributed by atoms with Gasteiger partial charge in [0.15, 0.2) is 10.0 Å². The van der Waals surface area contributed by atoms with E-state index in [1.165, 1.54) is 50.6 Å². The summed E-state index contributed by atoms with van der Waals surface area (Å²) >= 11 is 10.3. The van der Waals surface area contributed by atoms with Gasteiger partial charge in [0.25, 0.3) is 11.8 Å². The van der Waals surface area contributed by atoms with Crippen LogP contribution in [0, 0.1) is 6.92 Å². The lowest BCUT2D eigenvalue weighted by molar-refractivity contribution is -0.148. The Kier molecular flexibility index (Phi) is 6.28. The van der Waals surface area contributed by atoms with Crippen LogP contribution in [0.1, 0.15) is 22.4 Å². The van der Waals surface area contributed by atoms with Crippen molar-refractivity contribution >= 4 is 64.2 Å². The lowest BCUT2D eigenvalue weighted by Gasteiger charge is -2.49. The van der Waals surface area contributed by atoms with Crippen molar-refractivity contribution in [3.8, 4) is 0 Å². The van der Waals surface area contributed by atoms with Crippen molar-refractivity contribution in [1.82, 2.24) is 30.2 Å². The molecule has 10 nitrogen and oxygen atoms in total. The van der Waals surface area contributed by atoms with Gasteiger partial charge >= 0.3 is 5.97 Å². The molecule has 31 heavy (non-hydrogen) atoms. The van der Waals surface area contributed by atoms with Gasteiger partial charge in [-0.15, -0.1) is 22.0 Å². The number of aromatic nitrogens is 4. The van der Waals surface area contributed by atoms with Gasteiger partial charge < -0.3 is 10.4 Å². The molecule has 2 aromatic heterocycles. The summed E-state index contributed by atoms with van der Waals surface area (Å²) in [5.41, 5.74) is 0.643. The summed E-state index contributed by atoms with van der Waals surface area (Å²) in [7, 11) is 0. The molecule has 0 bridgehead atoms. The second-order valence-electron chi connectivity index (χ2n) is 6.68. The van der Waals surface area contributed by atoms with Gasteiger partial charge in [-0.3, -0.25) is 19.2 Å². The number of nitrogens with zero attached hydrogens (tertiary/aromatic N) is 5. The quantitative estimate of drug-likeness (QED) is 0.432. The molecule has 0 aliphatic carbocycles. The fourth-order valence-corrected chi connectivity index (χ4v) is 6.74. The van der Waals surface area contributed by atoms with Crippen LogP contribution >= 0.6 is 46.5 Å². The first-order valence-electron chi connectivity index (χ1n) is 9.16. The summed E-state index contributed by atoms with van der Waals surface area (Å²) in [6, 6.07) is -0.838. The Labute approximate surface area is 194 Å². The van der Waals surface area contributed by atoms with Gasteiger partial charge in [0, 0.05) is 24.2 Å². The standard InChI is InChI=1S/C17H17ClN6O4S3/c1-3-23-4-9(18)10(22-23)13(25)19-11-14(26)24-12(16(27)28)8(5-29-15(11)24)6-30-17-21-20-7(2)31-17/h4,11,15H,3,5-6H2,1-2H3,(H,19,25)(H,27,28). The normalized spacial score (nSPS) is 20.5. The molecule has 4 rings (SSSR count). The summed E-state index contributed by atoms with van der Waals surface area (Å²) in [6.07, 6.45) is 1.54. The number of aryl methyl sites for hydroxylation is 2. The zero-order chi connectivity index (χ0) is 22.3. The van der Waals surface area contributed by atoms with Gasteiger partial charge in [-0.2, -0.15) is 5.10 Å². The molecular weight excluding hydrogens is 484 g/mol. The van der Waals surface area contributed by atoms with Crippen molar-refractivity contribution in [2.24, 2.45) is 0 Å². The summed E-state index contributed by atoms with van der Waals surface area (Å²) in [5.74, 6) is -1.38. The smallest absolute Gasteiger partial charge is 0.352 e. The molecule has 2 aliphatic heterocycles. The second kappa shape index (κ2) is 8.81. The molecule has 0 spiro atoms. The first kappa shape index (κ1) is 22.1. The molecule has 2 aliphatic rings. The van der Waals surface area contributed by atoms with E-state index >= 15 is 0 Å². The molecule has 0 aromatic carbocycles. The molecule has 4 heterocycles. The van der Waals surface area contributed by atoms with E-state index in [9.17, 15) is 19.5 Å². The predicted octanol–water partition coefficient (Wildman–Crippen LogP) is 1.86. The van der Waals surface area contributed by atoms with Crippen molar-refractivity contribution in [3.05, 3.63) is 33.2 Å². The van der Waals surface area contributed by atoms with Crippen molar-refractivity contribution in [1.29, 1.82) is 0 Å². The van der Waals surface area contributed by atoms with Gasteiger partial charge in [0.05, 0.1) is 5.02 Å². The Morgan fingerprint density at radius 2 is 2.19 bits per heavy atom. The van der Waals surface area contributed by atoms with Gasteiger partial charge in [-0.05, 0) is 19.4 Å². The minimum absolute atomic E-state index is 0.0266. The summed E-state index contributed by atoms with van der Waals surface area (Å²) in [5, 5.41) is 25.0. The first-order valence-corrected chi connectivity index (χ1v) is 12.4. The minimum Gasteiger partial charge on any atom is -0.477 e. The van der Waals surface area contributed by atoms with Crippen molar-refractivity contribution in [3.63, 3.8) is 0 Å². The van der Waals surface area contributed by atoms with Crippen LogP contribution in [0.25, 0.3) is 0 Å². The maximum atomic E-state index is 12.8. The minimum atomic E-state index is -1.17. The van der Waals surface area contributed by atoms with Crippen LogP contribution in [0.2, 0.25) is 5.02 Å². The average molecular weight is 501 g/mol. The summed E-state index contributed by atoms with van der Waals surface area (Å²) < 4.78 is 2.27. The first-order chi connectivity index (χ1) is 14.8. The Morgan fingerprint density at radius 3 is 2.81 bits per heavy atom. The Bertz CT molecular complexity index is 1100. The van der Waals surface area contributed by atoms with E-state index in [0.29, 0.717) is 23.6 Å². The van der Waals surface area contributed by atoms with E-state index in [4.69, 9.17) is 11.6 Å². The molecule has 2 N–H and O–H groups in total. The number of carboxylic acid groups (broad SMARTS) is 1. The van der Waals surface area contributed by atoms with E-state index in [2.05, 4.69) is 20.6 Å². The molecule has 1 saturated heterocycles. The molecule has 2 amide bonds. The molecule has 2 aromatic rings. The highest BCUT2D eigenvalue weighted by atomic mass is 35.5. The van der Waals surface area contributed by atoms with Crippen LogP contribution in [0.5, 0.6) is 0 Å². The number of nitrogens with one attached hydrogen (secondary N) is 1. The highest BCUT2D eigenvalue weighted by Crippen LogP contribution is 2.41. The van der Waals surface area contributed by atoms with Crippen molar-refractivity contribution in [2.45, 2.75) is 36.1 Å². The van der Waals surface area contributed by atoms with Crippen molar-refractivity contribution < 1.29 is 19.5 Å². The van der Waals surface area contributed by atoms with Crippen LogP contribution in [-0.4, -0.2) is 70.7 Å². The lowest BCUT2D eigenvalue weighted by atomic mass is 10.0. The zero-order valence-electron chi connectivity index (χ0n) is 16.4. The maximum absolute atomic E-state index is 12.8. The number of carbonyl (C=O) groups is 3. The van der Waals surface area contributed by atoms with E-state index in [-0.39, 0.29) is 16.4 Å².